The first-order valence-corrected chi connectivity index (χ1v) is 7.63. The van der Waals surface area contributed by atoms with Gasteiger partial charge in [0.25, 0.3) is 0 Å². The van der Waals surface area contributed by atoms with Gasteiger partial charge in [-0.2, -0.15) is 0 Å². The normalized spacial score (nSPS) is 18.2. The highest BCUT2D eigenvalue weighted by Gasteiger charge is 2.18. The molecular weight excluding hydrogens is 258 g/mol. The number of imidazole rings is 1. The molecule has 0 aromatic carbocycles. The van der Waals surface area contributed by atoms with Gasteiger partial charge in [-0.05, 0) is 25.3 Å². The van der Waals surface area contributed by atoms with Crippen LogP contribution >= 0.6 is 11.6 Å². The number of halogens is 1. The van der Waals surface area contributed by atoms with Crippen LogP contribution in [0.2, 0.25) is 0 Å². The van der Waals surface area contributed by atoms with E-state index in [0.29, 0.717) is 0 Å². The summed E-state index contributed by atoms with van der Waals surface area (Å²) in [7, 11) is 0. The molecule has 0 aliphatic heterocycles. The molecule has 2 aromatic heterocycles. The SMILES string of the molecule is CC(Cl)c1nc2cnccc2n1CCC1CCCC1. The molecule has 2 aromatic rings. The van der Waals surface area contributed by atoms with Crippen LogP contribution in [0.1, 0.15) is 50.2 Å². The molecule has 1 atom stereocenters. The van der Waals surface area contributed by atoms with E-state index in [0.717, 1.165) is 29.3 Å². The molecule has 0 N–H and O–H groups in total. The van der Waals surface area contributed by atoms with Crippen LogP contribution in [0.3, 0.4) is 0 Å². The summed E-state index contributed by atoms with van der Waals surface area (Å²) in [6.45, 7) is 3.01. The molecule has 2 heterocycles. The predicted octanol–water partition coefficient (Wildman–Crippen LogP) is 4.31. The summed E-state index contributed by atoms with van der Waals surface area (Å²) >= 11 is 6.27. The minimum absolute atomic E-state index is 0.0593. The highest BCUT2D eigenvalue weighted by atomic mass is 35.5. The quantitative estimate of drug-likeness (QED) is 0.780. The Labute approximate surface area is 119 Å². The minimum Gasteiger partial charge on any atom is -0.327 e. The van der Waals surface area contributed by atoms with Gasteiger partial charge in [0.2, 0.25) is 0 Å². The van der Waals surface area contributed by atoms with Crippen molar-refractivity contribution in [2.24, 2.45) is 5.92 Å². The van der Waals surface area contributed by atoms with Crippen molar-refractivity contribution in [3.8, 4) is 0 Å². The van der Waals surface area contributed by atoms with Gasteiger partial charge in [0.15, 0.2) is 0 Å². The number of nitrogens with zero attached hydrogens (tertiary/aromatic N) is 3. The maximum absolute atomic E-state index is 6.27. The maximum Gasteiger partial charge on any atom is 0.127 e. The highest BCUT2D eigenvalue weighted by Crippen LogP contribution is 2.30. The van der Waals surface area contributed by atoms with Crippen LogP contribution in [0.15, 0.2) is 18.5 Å². The van der Waals surface area contributed by atoms with Gasteiger partial charge in [0, 0.05) is 12.7 Å². The smallest absolute Gasteiger partial charge is 0.127 e. The van der Waals surface area contributed by atoms with E-state index in [1.807, 2.05) is 25.4 Å². The van der Waals surface area contributed by atoms with Gasteiger partial charge in [0.1, 0.15) is 11.3 Å². The molecule has 0 saturated heterocycles. The molecule has 1 unspecified atom stereocenters. The molecular formula is C15H20ClN3. The van der Waals surface area contributed by atoms with Crippen LogP contribution in [0.5, 0.6) is 0 Å². The summed E-state index contributed by atoms with van der Waals surface area (Å²) in [6.07, 6.45) is 10.5. The number of rotatable bonds is 4. The van der Waals surface area contributed by atoms with Crippen molar-refractivity contribution >= 4 is 22.6 Å². The molecule has 1 saturated carbocycles. The zero-order chi connectivity index (χ0) is 13.2. The fourth-order valence-corrected chi connectivity index (χ4v) is 3.32. The molecule has 1 aliphatic carbocycles. The van der Waals surface area contributed by atoms with E-state index in [2.05, 4.69) is 14.5 Å². The van der Waals surface area contributed by atoms with Gasteiger partial charge in [-0.3, -0.25) is 4.98 Å². The standard InChI is InChI=1S/C15H20ClN3/c1-11(16)15-18-13-10-17-8-6-14(13)19(15)9-7-12-4-2-3-5-12/h6,8,10-12H,2-5,7,9H2,1H3. The molecule has 1 fully saturated rings. The van der Waals surface area contributed by atoms with Gasteiger partial charge in [-0.25, -0.2) is 4.98 Å². The first-order valence-electron chi connectivity index (χ1n) is 7.20. The number of alkyl halides is 1. The van der Waals surface area contributed by atoms with Crippen LogP contribution in [0.4, 0.5) is 0 Å². The van der Waals surface area contributed by atoms with Crippen molar-refractivity contribution in [3.63, 3.8) is 0 Å². The molecule has 3 rings (SSSR count). The van der Waals surface area contributed by atoms with Crippen LogP contribution in [0.25, 0.3) is 11.0 Å². The predicted molar refractivity (Wildman–Crippen MR) is 78.4 cm³/mol. The molecule has 19 heavy (non-hydrogen) atoms. The Kier molecular flexibility index (Phi) is 3.74. The Hall–Kier alpha value is -1.09. The van der Waals surface area contributed by atoms with Crippen molar-refractivity contribution in [2.45, 2.75) is 50.9 Å². The van der Waals surface area contributed by atoms with Crippen molar-refractivity contribution in [3.05, 3.63) is 24.3 Å². The van der Waals surface area contributed by atoms with Gasteiger partial charge >= 0.3 is 0 Å². The summed E-state index contributed by atoms with van der Waals surface area (Å²) in [5, 5.41) is -0.0593. The van der Waals surface area contributed by atoms with Crippen molar-refractivity contribution in [2.75, 3.05) is 0 Å². The third-order valence-corrected chi connectivity index (χ3v) is 4.37. The van der Waals surface area contributed by atoms with E-state index in [9.17, 15) is 0 Å². The lowest BCUT2D eigenvalue weighted by molar-refractivity contribution is 0.456. The Morgan fingerprint density at radius 2 is 2.21 bits per heavy atom. The number of aromatic nitrogens is 3. The molecule has 3 nitrogen and oxygen atoms in total. The van der Waals surface area contributed by atoms with Crippen molar-refractivity contribution < 1.29 is 0 Å². The number of aryl methyl sites for hydroxylation is 1. The molecule has 0 radical (unpaired) electrons. The van der Waals surface area contributed by atoms with Gasteiger partial charge in [-0.15, -0.1) is 11.6 Å². The number of hydrogen-bond donors (Lipinski definition) is 0. The Bertz CT molecular complexity index is 556. The fourth-order valence-electron chi connectivity index (χ4n) is 3.15. The van der Waals surface area contributed by atoms with E-state index in [1.165, 1.54) is 32.1 Å². The van der Waals surface area contributed by atoms with Gasteiger partial charge in [0.05, 0.1) is 17.1 Å². The van der Waals surface area contributed by atoms with E-state index in [1.54, 1.807) is 0 Å². The zero-order valence-electron chi connectivity index (χ0n) is 11.3. The number of pyridine rings is 1. The monoisotopic (exact) mass is 277 g/mol. The maximum atomic E-state index is 6.27. The Morgan fingerprint density at radius 1 is 1.42 bits per heavy atom. The van der Waals surface area contributed by atoms with E-state index in [-0.39, 0.29) is 5.38 Å². The second-order valence-electron chi connectivity index (χ2n) is 5.54. The lowest BCUT2D eigenvalue weighted by Crippen LogP contribution is -2.08. The van der Waals surface area contributed by atoms with E-state index in [4.69, 9.17) is 11.6 Å². The van der Waals surface area contributed by atoms with Crippen molar-refractivity contribution in [1.29, 1.82) is 0 Å². The molecule has 0 amide bonds. The summed E-state index contributed by atoms with van der Waals surface area (Å²) < 4.78 is 2.28. The van der Waals surface area contributed by atoms with Crippen molar-refractivity contribution in [1.82, 2.24) is 14.5 Å². The largest absolute Gasteiger partial charge is 0.327 e. The average molecular weight is 278 g/mol. The summed E-state index contributed by atoms with van der Waals surface area (Å²) in [5.41, 5.74) is 2.12. The highest BCUT2D eigenvalue weighted by molar-refractivity contribution is 6.20. The lowest BCUT2D eigenvalue weighted by Gasteiger charge is -2.13. The first-order chi connectivity index (χ1) is 9.25. The number of fused-ring (bicyclic) bond motifs is 1. The molecule has 102 valence electrons. The Balaban J connectivity index is 1.88. The number of hydrogen-bond acceptors (Lipinski definition) is 2. The molecule has 0 spiro atoms. The van der Waals surface area contributed by atoms with E-state index >= 15 is 0 Å². The summed E-state index contributed by atoms with van der Waals surface area (Å²) in [6, 6.07) is 2.04. The minimum atomic E-state index is -0.0593. The van der Waals surface area contributed by atoms with Crippen LogP contribution < -0.4 is 0 Å². The lowest BCUT2D eigenvalue weighted by atomic mass is 10.0. The van der Waals surface area contributed by atoms with Crippen LogP contribution in [-0.2, 0) is 6.54 Å². The Morgan fingerprint density at radius 3 is 2.95 bits per heavy atom. The molecule has 4 heteroatoms. The van der Waals surface area contributed by atoms with Crippen LogP contribution in [0, 0.1) is 5.92 Å². The molecule has 0 bridgehead atoms. The third kappa shape index (κ3) is 2.62. The van der Waals surface area contributed by atoms with Gasteiger partial charge < -0.3 is 4.57 Å². The van der Waals surface area contributed by atoms with Gasteiger partial charge in [-0.1, -0.05) is 25.7 Å². The average Bonchev–Trinajstić information content (AvgIpc) is 3.03. The molecule has 1 aliphatic rings. The second-order valence-corrected chi connectivity index (χ2v) is 6.20. The third-order valence-electron chi connectivity index (χ3n) is 4.17. The summed E-state index contributed by atoms with van der Waals surface area (Å²) in [5.74, 6) is 1.86. The topological polar surface area (TPSA) is 30.7 Å². The second kappa shape index (κ2) is 5.49. The van der Waals surface area contributed by atoms with E-state index < -0.39 is 0 Å². The summed E-state index contributed by atoms with van der Waals surface area (Å²) in [4.78, 5) is 8.77. The van der Waals surface area contributed by atoms with Crippen LogP contribution in [-0.4, -0.2) is 14.5 Å². The fraction of sp³-hybridized carbons (Fsp3) is 0.600. The zero-order valence-corrected chi connectivity index (χ0v) is 12.1. The first kappa shape index (κ1) is 12.9.